The Balaban J connectivity index is 2.52. The van der Waals surface area contributed by atoms with Gasteiger partial charge in [0.05, 0.1) is 0 Å². The third-order valence-corrected chi connectivity index (χ3v) is 4.06. The lowest BCUT2D eigenvalue weighted by molar-refractivity contribution is 0.157. The van der Waals surface area contributed by atoms with E-state index in [9.17, 15) is 0 Å². The van der Waals surface area contributed by atoms with Crippen LogP contribution in [0.3, 0.4) is 0 Å². The fourth-order valence-corrected chi connectivity index (χ4v) is 2.51. The number of aryl methyl sites for hydroxylation is 1. The van der Waals surface area contributed by atoms with Gasteiger partial charge < -0.3 is 4.74 Å². The summed E-state index contributed by atoms with van der Waals surface area (Å²) in [7, 11) is 0. The van der Waals surface area contributed by atoms with Gasteiger partial charge in [-0.1, -0.05) is 28.9 Å². The van der Waals surface area contributed by atoms with Gasteiger partial charge in [-0.15, -0.1) is 0 Å². The Labute approximate surface area is 112 Å². The van der Waals surface area contributed by atoms with Crippen molar-refractivity contribution in [2.75, 3.05) is 0 Å². The molecule has 0 fully saturated rings. The molecule has 92 valence electrons. The summed E-state index contributed by atoms with van der Waals surface area (Å²) >= 11 is 3.60. The Morgan fingerprint density at radius 3 is 2.76 bits per heavy atom. The molecule has 2 rings (SSSR count). The largest absolute Gasteiger partial charge is 0.483 e. The first-order valence-electron chi connectivity index (χ1n) is 6.06. The van der Waals surface area contributed by atoms with E-state index in [1.54, 1.807) is 0 Å². The first-order valence-corrected chi connectivity index (χ1v) is 6.85. The van der Waals surface area contributed by atoms with Crippen molar-refractivity contribution in [3.63, 3.8) is 0 Å². The third-order valence-electron chi connectivity index (χ3n) is 3.20. The van der Waals surface area contributed by atoms with E-state index in [4.69, 9.17) is 4.74 Å². The maximum absolute atomic E-state index is 6.12. The van der Waals surface area contributed by atoms with Crippen LogP contribution < -0.4 is 4.74 Å². The number of fused-ring (bicyclic) bond motifs is 1. The number of ether oxygens (including phenoxy) is 1. The summed E-state index contributed by atoms with van der Waals surface area (Å²) in [5, 5.41) is 0. The molecule has 1 aliphatic heterocycles. The number of rotatable bonds is 0. The van der Waals surface area contributed by atoms with Gasteiger partial charge in [-0.2, -0.15) is 0 Å². The van der Waals surface area contributed by atoms with E-state index in [1.165, 1.54) is 11.1 Å². The highest BCUT2D eigenvalue weighted by atomic mass is 79.9. The van der Waals surface area contributed by atoms with E-state index in [0.29, 0.717) is 5.92 Å². The molecule has 0 spiro atoms. The zero-order chi connectivity index (χ0) is 12.6. The van der Waals surface area contributed by atoms with E-state index in [1.807, 2.05) is 0 Å². The Bertz CT molecular complexity index is 460. The van der Waals surface area contributed by atoms with Gasteiger partial charge >= 0.3 is 0 Å². The summed E-state index contributed by atoms with van der Waals surface area (Å²) in [5.74, 6) is 1.52. The second-order valence-corrected chi connectivity index (χ2v) is 6.24. The number of hydrogen-bond acceptors (Lipinski definition) is 1. The molecule has 0 saturated carbocycles. The van der Waals surface area contributed by atoms with Crippen LogP contribution in [-0.2, 0) is 0 Å². The normalized spacial score (nSPS) is 24.2. The van der Waals surface area contributed by atoms with Gasteiger partial charge in [-0.3, -0.25) is 0 Å². The molecule has 0 unspecified atom stereocenters. The van der Waals surface area contributed by atoms with E-state index in [2.05, 4.69) is 67.9 Å². The minimum absolute atomic E-state index is 0.227. The van der Waals surface area contributed by atoms with Gasteiger partial charge in [0.25, 0.3) is 0 Å². The molecule has 1 heterocycles. The minimum Gasteiger partial charge on any atom is -0.483 e. The summed E-state index contributed by atoms with van der Waals surface area (Å²) in [6, 6.07) is 4.33. The number of hydrogen-bond donors (Lipinski definition) is 0. The summed E-state index contributed by atoms with van der Waals surface area (Å²) < 4.78 is 7.28. The molecule has 0 N–H and O–H groups in total. The highest BCUT2D eigenvalue weighted by molar-refractivity contribution is 9.10. The second-order valence-electron chi connectivity index (χ2n) is 5.38. The summed E-state index contributed by atoms with van der Waals surface area (Å²) in [6.07, 6.45) is 5.44. The second kappa shape index (κ2) is 4.49. The monoisotopic (exact) mass is 294 g/mol. The van der Waals surface area contributed by atoms with Crippen molar-refractivity contribution >= 4 is 15.9 Å². The van der Waals surface area contributed by atoms with E-state index >= 15 is 0 Å². The van der Waals surface area contributed by atoms with Gasteiger partial charge in [-0.05, 0) is 62.4 Å². The van der Waals surface area contributed by atoms with Gasteiger partial charge in [0.2, 0.25) is 0 Å². The summed E-state index contributed by atoms with van der Waals surface area (Å²) in [5.41, 5.74) is 2.28. The summed E-state index contributed by atoms with van der Waals surface area (Å²) in [6.45, 7) is 8.54. The zero-order valence-electron chi connectivity index (χ0n) is 10.9. The first-order chi connectivity index (χ1) is 7.89. The maximum Gasteiger partial charge on any atom is 0.124 e. The Hall–Kier alpha value is -0.760. The Morgan fingerprint density at radius 1 is 1.35 bits per heavy atom. The minimum atomic E-state index is -0.227. The topological polar surface area (TPSA) is 9.23 Å². The predicted molar refractivity (Wildman–Crippen MR) is 75.8 cm³/mol. The molecule has 1 nitrogen and oxygen atoms in total. The zero-order valence-corrected chi connectivity index (χ0v) is 12.5. The molecule has 0 aromatic heterocycles. The molecular formula is C15H19BrO. The molecule has 0 saturated heterocycles. The highest BCUT2D eigenvalue weighted by Gasteiger charge is 2.22. The number of allylic oxidation sites excluding steroid dienone is 1. The van der Waals surface area contributed by atoms with Crippen LogP contribution in [0, 0.1) is 6.92 Å². The lowest BCUT2D eigenvalue weighted by atomic mass is 9.93. The molecule has 1 aromatic carbocycles. The van der Waals surface area contributed by atoms with Gasteiger partial charge in [0.1, 0.15) is 11.4 Å². The van der Waals surface area contributed by atoms with E-state index in [0.717, 1.165) is 16.6 Å². The van der Waals surface area contributed by atoms with Crippen molar-refractivity contribution in [3.8, 4) is 5.75 Å². The van der Waals surface area contributed by atoms with Crippen LogP contribution in [0.15, 0.2) is 28.8 Å². The molecule has 1 atom stereocenters. The maximum atomic E-state index is 6.12. The molecule has 0 bridgehead atoms. The van der Waals surface area contributed by atoms with Gasteiger partial charge in [-0.25, -0.2) is 0 Å². The Morgan fingerprint density at radius 2 is 2.06 bits per heavy atom. The molecule has 0 aliphatic carbocycles. The quantitative estimate of drug-likeness (QED) is 0.613. The highest BCUT2D eigenvalue weighted by Crippen LogP contribution is 2.37. The lowest BCUT2D eigenvalue weighted by Gasteiger charge is -2.29. The number of halogens is 1. The molecule has 2 heteroatoms. The molecule has 17 heavy (non-hydrogen) atoms. The first kappa shape index (κ1) is 12.7. The SMILES string of the molecule is Cc1cc2c(cc1Br)[C@H](C)C/C=C\C(C)(C)O2. The van der Waals surface area contributed by atoms with Crippen molar-refractivity contribution in [1.29, 1.82) is 0 Å². The average molecular weight is 295 g/mol. The van der Waals surface area contributed by atoms with Crippen molar-refractivity contribution in [2.45, 2.75) is 45.6 Å². The van der Waals surface area contributed by atoms with Crippen LogP contribution >= 0.6 is 15.9 Å². The summed E-state index contributed by atoms with van der Waals surface area (Å²) in [4.78, 5) is 0. The molecular weight excluding hydrogens is 276 g/mol. The number of benzene rings is 1. The van der Waals surface area contributed by atoms with Crippen molar-refractivity contribution in [2.24, 2.45) is 0 Å². The Kier molecular flexibility index (Phi) is 3.35. The van der Waals surface area contributed by atoms with Crippen LogP contribution in [0.2, 0.25) is 0 Å². The molecule has 1 aliphatic rings. The van der Waals surface area contributed by atoms with Crippen LogP contribution in [-0.4, -0.2) is 5.60 Å². The fourth-order valence-electron chi connectivity index (χ4n) is 2.14. The molecule has 1 aromatic rings. The van der Waals surface area contributed by atoms with E-state index in [-0.39, 0.29) is 5.60 Å². The van der Waals surface area contributed by atoms with Crippen LogP contribution in [0.5, 0.6) is 5.75 Å². The predicted octanol–water partition coefficient (Wildman–Crippen LogP) is 4.98. The van der Waals surface area contributed by atoms with Crippen molar-refractivity contribution in [1.82, 2.24) is 0 Å². The van der Waals surface area contributed by atoms with Crippen LogP contribution in [0.25, 0.3) is 0 Å². The van der Waals surface area contributed by atoms with Crippen LogP contribution in [0.1, 0.15) is 44.2 Å². The van der Waals surface area contributed by atoms with Gasteiger partial charge in [0.15, 0.2) is 0 Å². The van der Waals surface area contributed by atoms with E-state index < -0.39 is 0 Å². The fraction of sp³-hybridized carbons (Fsp3) is 0.467. The van der Waals surface area contributed by atoms with Crippen molar-refractivity contribution < 1.29 is 4.74 Å². The third kappa shape index (κ3) is 2.74. The lowest BCUT2D eigenvalue weighted by Crippen LogP contribution is -2.27. The molecule has 0 radical (unpaired) electrons. The van der Waals surface area contributed by atoms with Gasteiger partial charge in [0, 0.05) is 4.47 Å². The molecule has 0 amide bonds. The average Bonchev–Trinajstić information content (AvgIpc) is 2.20. The smallest absolute Gasteiger partial charge is 0.124 e. The van der Waals surface area contributed by atoms with Crippen molar-refractivity contribution in [3.05, 3.63) is 39.9 Å². The standard InChI is InChI=1S/C15H19BrO/c1-10-6-5-7-15(3,4)17-14-8-11(2)13(16)9-12(10)14/h5,7-10H,6H2,1-4H3/b7-5-/t10-/m1/s1. The van der Waals surface area contributed by atoms with Crippen LogP contribution in [0.4, 0.5) is 0 Å².